The summed E-state index contributed by atoms with van der Waals surface area (Å²) in [5.74, 6) is 0.264. The maximum Gasteiger partial charge on any atom is 0.275 e. The molecule has 1 N–H and O–H groups in total. The topological polar surface area (TPSA) is 64.1 Å². The highest BCUT2D eigenvalue weighted by atomic mass is 32.1. The number of nitrogens with zero attached hydrogens (tertiary/aromatic N) is 2. The Morgan fingerprint density at radius 2 is 2.31 bits per heavy atom. The predicted molar refractivity (Wildman–Crippen MR) is 60.9 cm³/mol. The molecule has 0 saturated carbocycles. The standard InChI is InChI=1S/C10H9N3O2S/c1-15-9-3-2-7(4-11-9)13-10(14)8-5-16-6-12-8/h2-6H,1H3,(H,13,14). The number of hydrogen-bond acceptors (Lipinski definition) is 5. The third kappa shape index (κ3) is 2.34. The number of rotatable bonds is 3. The lowest BCUT2D eigenvalue weighted by Crippen LogP contribution is -2.12. The molecule has 0 aliphatic carbocycles. The van der Waals surface area contributed by atoms with Crippen LogP contribution in [-0.2, 0) is 0 Å². The Bertz CT molecular complexity index is 467. The minimum Gasteiger partial charge on any atom is -0.481 e. The molecule has 0 spiro atoms. The SMILES string of the molecule is COc1ccc(NC(=O)c2cscn2)cn1. The highest BCUT2D eigenvalue weighted by Crippen LogP contribution is 2.12. The molecule has 5 nitrogen and oxygen atoms in total. The normalized spacial score (nSPS) is 9.81. The molecule has 0 aliphatic rings. The van der Waals surface area contributed by atoms with Gasteiger partial charge in [0.05, 0.1) is 24.5 Å². The van der Waals surface area contributed by atoms with E-state index in [1.54, 1.807) is 23.0 Å². The number of carbonyl (C=O) groups excluding carboxylic acids is 1. The van der Waals surface area contributed by atoms with Gasteiger partial charge < -0.3 is 10.1 Å². The molecule has 2 aromatic rings. The van der Waals surface area contributed by atoms with E-state index < -0.39 is 0 Å². The Hall–Kier alpha value is -1.95. The number of nitrogens with one attached hydrogen (secondary N) is 1. The predicted octanol–water partition coefficient (Wildman–Crippen LogP) is 1.80. The maximum absolute atomic E-state index is 11.6. The van der Waals surface area contributed by atoms with Gasteiger partial charge in [0.1, 0.15) is 5.69 Å². The molecule has 2 aromatic heterocycles. The first-order valence-electron chi connectivity index (χ1n) is 4.49. The fourth-order valence-corrected chi connectivity index (χ4v) is 1.63. The maximum atomic E-state index is 11.6. The summed E-state index contributed by atoms with van der Waals surface area (Å²) in [6, 6.07) is 3.40. The third-order valence-corrected chi connectivity index (χ3v) is 2.45. The van der Waals surface area contributed by atoms with Gasteiger partial charge in [0.15, 0.2) is 0 Å². The van der Waals surface area contributed by atoms with Gasteiger partial charge in [-0.3, -0.25) is 4.79 Å². The quantitative estimate of drug-likeness (QED) is 0.881. The molecule has 0 bridgehead atoms. The van der Waals surface area contributed by atoms with Crippen molar-refractivity contribution in [3.8, 4) is 5.88 Å². The zero-order chi connectivity index (χ0) is 11.4. The monoisotopic (exact) mass is 235 g/mol. The number of amides is 1. The van der Waals surface area contributed by atoms with Crippen molar-refractivity contribution in [3.05, 3.63) is 34.9 Å². The van der Waals surface area contributed by atoms with Crippen LogP contribution >= 0.6 is 11.3 Å². The molecule has 0 fully saturated rings. The van der Waals surface area contributed by atoms with Crippen LogP contribution in [0.3, 0.4) is 0 Å². The number of methoxy groups -OCH3 is 1. The summed E-state index contributed by atoms with van der Waals surface area (Å²) in [7, 11) is 1.54. The van der Waals surface area contributed by atoms with Gasteiger partial charge in [0, 0.05) is 11.4 Å². The Kier molecular flexibility index (Phi) is 3.11. The van der Waals surface area contributed by atoms with E-state index in [0.29, 0.717) is 17.3 Å². The van der Waals surface area contributed by atoms with Gasteiger partial charge in [-0.2, -0.15) is 0 Å². The summed E-state index contributed by atoms with van der Waals surface area (Å²) in [6.07, 6.45) is 1.53. The first kappa shape index (κ1) is 10.6. The van der Waals surface area contributed by atoms with Gasteiger partial charge in [-0.25, -0.2) is 9.97 Å². The molecule has 0 aliphatic heterocycles. The molecule has 6 heteroatoms. The highest BCUT2D eigenvalue weighted by molar-refractivity contribution is 7.07. The Labute approximate surface area is 96.1 Å². The van der Waals surface area contributed by atoms with Gasteiger partial charge in [-0.05, 0) is 6.07 Å². The second-order valence-electron chi connectivity index (χ2n) is 2.92. The van der Waals surface area contributed by atoms with Gasteiger partial charge in [-0.1, -0.05) is 0 Å². The molecule has 0 unspecified atom stereocenters. The summed E-state index contributed by atoms with van der Waals surface area (Å²) in [5.41, 5.74) is 2.63. The molecule has 2 heterocycles. The van der Waals surface area contributed by atoms with E-state index in [0.717, 1.165) is 0 Å². The van der Waals surface area contributed by atoms with Crippen molar-refractivity contribution in [2.24, 2.45) is 0 Å². The summed E-state index contributed by atoms with van der Waals surface area (Å²) >= 11 is 1.38. The van der Waals surface area contributed by atoms with Gasteiger partial charge >= 0.3 is 0 Å². The number of aromatic nitrogens is 2. The number of ether oxygens (including phenoxy) is 1. The van der Waals surface area contributed by atoms with E-state index in [1.807, 2.05) is 0 Å². The summed E-state index contributed by atoms with van der Waals surface area (Å²) in [5, 5.41) is 4.37. The molecule has 0 radical (unpaired) electrons. The Morgan fingerprint density at radius 1 is 1.44 bits per heavy atom. The smallest absolute Gasteiger partial charge is 0.275 e. The number of hydrogen-bond donors (Lipinski definition) is 1. The summed E-state index contributed by atoms with van der Waals surface area (Å²) in [6.45, 7) is 0. The minimum atomic E-state index is -0.242. The van der Waals surface area contributed by atoms with Gasteiger partial charge in [0.2, 0.25) is 5.88 Å². The van der Waals surface area contributed by atoms with Crippen LogP contribution in [0.25, 0.3) is 0 Å². The first-order chi connectivity index (χ1) is 7.79. The lowest BCUT2D eigenvalue weighted by Gasteiger charge is -2.03. The zero-order valence-electron chi connectivity index (χ0n) is 8.51. The fourth-order valence-electron chi connectivity index (χ4n) is 1.09. The molecule has 1 amide bonds. The van der Waals surface area contributed by atoms with Crippen LogP contribution in [0.2, 0.25) is 0 Å². The van der Waals surface area contributed by atoms with E-state index in [2.05, 4.69) is 15.3 Å². The number of pyridine rings is 1. The molecule has 0 saturated heterocycles. The first-order valence-corrected chi connectivity index (χ1v) is 5.43. The van der Waals surface area contributed by atoms with Crippen molar-refractivity contribution < 1.29 is 9.53 Å². The fraction of sp³-hybridized carbons (Fsp3) is 0.100. The van der Waals surface area contributed by atoms with Crippen LogP contribution in [-0.4, -0.2) is 23.0 Å². The molecular formula is C10H9N3O2S. The van der Waals surface area contributed by atoms with E-state index in [1.165, 1.54) is 24.6 Å². The third-order valence-electron chi connectivity index (χ3n) is 1.87. The van der Waals surface area contributed by atoms with Crippen molar-refractivity contribution in [1.29, 1.82) is 0 Å². The second kappa shape index (κ2) is 4.71. The largest absolute Gasteiger partial charge is 0.481 e. The lowest BCUT2D eigenvalue weighted by molar-refractivity contribution is 0.102. The molecule has 2 rings (SSSR count). The highest BCUT2D eigenvalue weighted by Gasteiger charge is 2.07. The minimum absolute atomic E-state index is 0.242. The van der Waals surface area contributed by atoms with E-state index in [-0.39, 0.29) is 5.91 Å². The van der Waals surface area contributed by atoms with Crippen molar-refractivity contribution >= 4 is 22.9 Å². The van der Waals surface area contributed by atoms with Crippen LogP contribution < -0.4 is 10.1 Å². The van der Waals surface area contributed by atoms with Crippen LogP contribution in [0.5, 0.6) is 5.88 Å². The summed E-state index contributed by atoms with van der Waals surface area (Å²) < 4.78 is 4.91. The Morgan fingerprint density at radius 3 is 2.88 bits per heavy atom. The Balaban J connectivity index is 2.06. The van der Waals surface area contributed by atoms with Gasteiger partial charge in [-0.15, -0.1) is 11.3 Å². The molecule has 16 heavy (non-hydrogen) atoms. The van der Waals surface area contributed by atoms with Crippen molar-refractivity contribution in [1.82, 2.24) is 9.97 Å². The summed E-state index contributed by atoms with van der Waals surface area (Å²) in [4.78, 5) is 19.5. The second-order valence-corrected chi connectivity index (χ2v) is 3.64. The van der Waals surface area contributed by atoms with E-state index in [9.17, 15) is 4.79 Å². The van der Waals surface area contributed by atoms with Gasteiger partial charge in [0.25, 0.3) is 5.91 Å². The van der Waals surface area contributed by atoms with Crippen molar-refractivity contribution in [2.75, 3.05) is 12.4 Å². The average molecular weight is 235 g/mol. The van der Waals surface area contributed by atoms with E-state index in [4.69, 9.17) is 4.74 Å². The molecule has 82 valence electrons. The van der Waals surface area contributed by atoms with E-state index >= 15 is 0 Å². The lowest BCUT2D eigenvalue weighted by atomic mass is 10.4. The number of anilines is 1. The van der Waals surface area contributed by atoms with Crippen LogP contribution in [0.4, 0.5) is 5.69 Å². The zero-order valence-corrected chi connectivity index (χ0v) is 9.32. The molecular weight excluding hydrogens is 226 g/mol. The molecule has 0 atom stereocenters. The number of thiazole rings is 1. The van der Waals surface area contributed by atoms with Crippen molar-refractivity contribution in [2.45, 2.75) is 0 Å². The number of carbonyl (C=O) groups is 1. The van der Waals surface area contributed by atoms with Crippen molar-refractivity contribution in [3.63, 3.8) is 0 Å². The average Bonchev–Trinajstić information content (AvgIpc) is 2.83. The van der Waals surface area contributed by atoms with Crippen LogP contribution in [0.15, 0.2) is 29.2 Å². The molecule has 0 aromatic carbocycles. The van der Waals surface area contributed by atoms with Crippen LogP contribution in [0, 0.1) is 0 Å². The van der Waals surface area contributed by atoms with Crippen LogP contribution in [0.1, 0.15) is 10.5 Å².